The zero-order valence-electron chi connectivity index (χ0n) is 12.8. The van der Waals surface area contributed by atoms with Crippen LogP contribution in [0.3, 0.4) is 0 Å². The number of urea groups is 1. The lowest BCUT2D eigenvalue weighted by Crippen LogP contribution is -2.48. The summed E-state index contributed by atoms with van der Waals surface area (Å²) in [7, 11) is 0. The average molecular weight is 339 g/mol. The van der Waals surface area contributed by atoms with Crippen LogP contribution in [0.5, 0.6) is 0 Å². The van der Waals surface area contributed by atoms with Gasteiger partial charge in [-0.05, 0) is 36.8 Å². The molecule has 2 rings (SSSR count). The first-order chi connectivity index (χ1) is 11.2. The third-order valence-corrected chi connectivity index (χ3v) is 3.45. The number of benzene rings is 1. The highest BCUT2D eigenvalue weighted by atomic mass is 19.4. The second-order valence-electron chi connectivity index (χ2n) is 5.39. The first-order valence-electron chi connectivity index (χ1n) is 7.02. The van der Waals surface area contributed by atoms with Crippen LogP contribution in [0.15, 0.2) is 48.8 Å². The van der Waals surface area contributed by atoms with Gasteiger partial charge in [0.25, 0.3) is 0 Å². The van der Waals surface area contributed by atoms with E-state index in [1.54, 1.807) is 12.1 Å². The number of aliphatic hydroxyl groups is 1. The summed E-state index contributed by atoms with van der Waals surface area (Å²) < 4.78 is 38.5. The molecule has 0 fully saturated rings. The number of pyridine rings is 1. The van der Waals surface area contributed by atoms with E-state index in [0.717, 1.165) is 12.1 Å². The molecule has 5 nitrogen and oxygen atoms in total. The van der Waals surface area contributed by atoms with Crippen molar-refractivity contribution in [3.8, 4) is 0 Å². The predicted octanol–water partition coefficient (Wildman–Crippen LogP) is 3.13. The molecule has 0 bridgehead atoms. The van der Waals surface area contributed by atoms with Crippen molar-refractivity contribution in [2.24, 2.45) is 0 Å². The molecule has 0 saturated heterocycles. The molecular weight excluding hydrogens is 323 g/mol. The first kappa shape index (κ1) is 17.7. The Morgan fingerprint density at radius 2 is 1.92 bits per heavy atom. The molecule has 2 aromatic rings. The summed E-state index contributed by atoms with van der Waals surface area (Å²) in [5.41, 5.74) is -1.68. The topological polar surface area (TPSA) is 74.2 Å². The molecule has 3 N–H and O–H groups in total. The van der Waals surface area contributed by atoms with E-state index in [0.29, 0.717) is 5.69 Å². The van der Waals surface area contributed by atoms with E-state index in [1.807, 2.05) is 0 Å². The predicted molar refractivity (Wildman–Crippen MR) is 82.3 cm³/mol. The zero-order valence-corrected chi connectivity index (χ0v) is 12.8. The number of nitrogens with one attached hydrogen (secondary N) is 2. The fourth-order valence-corrected chi connectivity index (χ4v) is 2.09. The number of carbonyl (C=O) groups excluding carboxylic acids is 1. The summed E-state index contributed by atoms with van der Waals surface area (Å²) >= 11 is 0. The minimum absolute atomic E-state index is 0.140. The number of hydrogen-bond donors (Lipinski definition) is 3. The normalized spacial score (nSPS) is 13.9. The Bertz CT molecular complexity index is 707. The SMILES string of the molecule is C[C@@](CO)(NC(=O)Nc1cccnc1)c1cccc(C(F)(F)F)c1. The van der Waals surface area contributed by atoms with Crippen LogP contribution in [-0.2, 0) is 11.7 Å². The van der Waals surface area contributed by atoms with Crippen LogP contribution >= 0.6 is 0 Å². The molecule has 0 aliphatic rings. The van der Waals surface area contributed by atoms with E-state index in [4.69, 9.17) is 0 Å². The standard InChI is InChI=1S/C16H16F3N3O2/c1-15(10-23,11-4-2-5-12(8-11)16(17,18)19)22-14(24)21-13-6-3-7-20-9-13/h2-9,23H,10H2,1H3,(H2,21,22,24)/t15-/m0/s1. The second-order valence-corrected chi connectivity index (χ2v) is 5.39. The number of rotatable bonds is 4. The van der Waals surface area contributed by atoms with Crippen LogP contribution < -0.4 is 10.6 Å². The molecule has 1 heterocycles. The van der Waals surface area contributed by atoms with Crippen molar-refractivity contribution in [1.82, 2.24) is 10.3 Å². The molecule has 0 saturated carbocycles. The van der Waals surface area contributed by atoms with Gasteiger partial charge in [-0.15, -0.1) is 0 Å². The van der Waals surface area contributed by atoms with Gasteiger partial charge in [-0.25, -0.2) is 4.79 Å². The minimum Gasteiger partial charge on any atom is -0.394 e. The van der Waals surface area contributed by atoms with Crippen LogP contribution in [0.4, 0.5) is 23.7 Å². The van der Waals surface area contributed by atoms with E-state index in [2.05, 4.69) is 15.6 Å². The van der Waals surface area contributed by atoms with E-state index >= 15 is 0 Å². The van der Waals surface area contributed by atoms with Crippen LogP contribution in [0, 0.1) is 0 Å². The van der Waals surface area contributed by atoms with E-state index in [9.17, 15) is 23.1 Å². The second kappa shape index (κ2) is 6.88. The van der Waals surface area contributed by atoms with Crippen LogP contribution in [0.25, 0.3) is 0 Å². The molecule has 1 atom stereocenters. The number of aliphatic hydroxyl groups excluding tert-OH is 1. The molecule has 8 heteroatoms. The number of hydrogen-bond acceptors (Lipinski definition) is 3. The quantitative estimate of drug-likeness (QED) is 0.801. The maximum atomic E-state index is 12.8. The monoisotopic (exact) mass is 339 g/mol. The number of aromatic nitrogens is 1. The molecule has 0 unspecified atom stereocenters. The summed E-state index contributed by atoms with van der Waals surface area (Å²) in [6.07, 6.45) is -1.56. The highest BCUT2D eigenvalue weighted by Crippen LogP contribution is 2.32. The van der Waals surface area contributed by atoms with Crippen molar-refractivity contribution < 1.29 is 23.1 Å². The van der Waals surface area contributed by atoms with Gasteiger partial charge < -0.3 is 15.7 Å². The fraction of sp³-hybridized carbons (Fsp3) is 0.250. The van der Waals surface area contributed by atoms with Gasteiger partial charge in [-0.1, -0.05) is 12.1 Å². The maximum Gasteiger partial charge on any atom is 0.416 e. The van der Waals surface area contributed by atoms with Gasteiger partial charge in [0, 0.05) is 6.20 Å². The summed E-state index contributed by atoms with van der Waals surface area (Å²) in [5.74, 6) is 0. The number of alkyl halides is 3. The smallest absolute Gasteiger partial charge is 0.394 e. The lowest BCUT2D eigenvalue weighted by Gasteiger charge is -2.30. The molecular formula is C16H16F3N3O2. The van der Waals surface area contributed by atoms with Crippen molar-refractivity contribution >= 4 is 11.7 Å². The Morgan fingerprint density at radius 3 is 2.50 bits per heavy atom. The van der Waals surface area contributed by atoms with Crippen molar-refractivity contribution in [2.45, 2.75) is 18.6 Å². The van der Waals surface area contributed by atoms with Crippen molar-refractivity contribution in [3.63, 3.8) is 0 Å². The van der Waals surface area contributed by atoms with Crippen molar-refractivity contribution in [2.75, 3.05) is 11.9 Å². The molecule has 1 aromatic carbocycles. The maximum absolute atomic E-state index is 12.8. The lowest BCUT2D eigenvalue weighted by molar-refractivity contribution is -0.137. The fourth-order valence-electron chi connectivity index (χ4n) is 2.09. The van der Waals surface area contributed by atoms with Crippen LogP contribution in [-0.4, -0.2) is 22.7 Å². The molecule has 1 aromatic heterocycles. The highest BCUT2D eigenvalue weighted by Gasteiger charge is 2.34. The molecule has 0 aliphatic heterocycles. The van der Waals surface area contributed by atoms with Crippen LogP contribution in [0.1, 0.15) is 18.1 Å². The molecule has 24 heavy (non-hydrogen) atoms. The van der Waals surface area contributed by atoms with Gasteiger partial charge in [0.05, 0.1) is 29.6 Å². The summed E-state index contributed by atoms with van der Waals surface area (Å²) in [4.78, 5) is 15.9. The Hall–Kier alpha value is -2.61. The molecule has 128 valence electrons. The van der Waals surface area contributed by atoms with Crippen molar-refractivity contribution in [1.29, 1.82) is 0 Å². The molecule has 0 spiro atoms. The largest absolute Gasteiger partial charge is 0.416 e. The number of halogens is 3. The number of anilines is 1. The molecule has 0 aliphatic carbocycles. The van der Waals surface area contributed by atoms with Gasteiger partial charge in [0.1, 0.15) is 0 Å². The Kier molecular flexibility index (Phi) is 5.08. The number of amides is 2. The Labute approximate surface area is 136 Å². The Morgan fingerprint density at radius 1 is 1.21 bits per heavy atom. The summed E-state index contributed by atoms with van der Waals surface area (Å²) in [5, 5.41) is 14.6. The van der Waals surface area contributed by atoms with E-state index < -0.39 is 29.9 Å². The van der Waals surface area contributed by atoms with E-state index in [1.165, 1.54) is 31.5 Å². The zero-order chi connectivity index (χ0) is 17.8. The van der Waals surface area contributed by atoms with Gasteiger partial charge >= 0.3 is 12.2 Å². The molecule has 0 radical (unpaired) electrons. The first-order valence-corrected chi connectivity index (χ1v) is 7.02. The van der Waals surface area contributed by atoms with Gasteiger partial charge in [0.2, 0.25) is 0 Å². The molecule has 2 amide bonds. The van der Waals surface area contributed by atoms with Crippen molar-refractivity contribution in [3.05, 3.63) is 59.9 Å². The third-order valence-electron chi connectivity index (χ3n) is 3.45. The number of carbonyl (C=O) groups is 1. The average Bonchev–Trinajstić information content (AvgIpc) is 2.55. The third kappa shape index (κ3) is 4.23. The van der Waals surface area contributed by atoms with E-state index in [-0.39, 0.29) is 5.56 Å². The highest BCUT2D eigenvalue weighted by molar-refractivity contribution is 5.89. The van der Waals surface area contributed by atoms with Crippen LogP contribution in [0.2, 0.25) is 0 Å². The van der Waals surface area contributed by atoms with Gasteiger partial charge in [-0.2, -0.15) is 13.2 Å². The van der Waals surface area contributed by atoms with Gasteiger partial charge in [0.15, 0.2) is 0 Å². The summed E-state index contributed by atoms with van der Waals surface area (Å²) in [6.45, 7) is 0.861. The Balaban J connectivity index is 2.20. The number of nitrogens with zero attached hydrogens (tertiary/aromatic N) is 1. The van der Waals surface area contributed by atoms with Gasteiger partial charge in [-0.3, -0.25) is 4.98 Å². The lowest BCUT2D eigenvalue weighted by atomic mass is 9.91. The minimum atomic E-state index is -4.51. The summed E-state index contributed by atoms with van der Waals surface area (Å²) in [6, 6.07) is 7.03.